The van der Waals surface area contributed by atoms with Crippen LogP contribution in [0.2, 0.25) is 0 Å². The summed E-state index contributed by atoms with van der Waals surface area (Å²) < 4.78 is 13.2. The van der Waals surface area contributed by atoms with Crippen molar-refractivity contribution in [1.29, 1.82) is 0 Å². The van der Waals surface area contributed by atoms with Gasteiger partial charge in [-0.25, -0.2) is 0 Å². The van der Waals surface area contributed by atoms with Crippen molar-refractivity contribution >= 4 is 26.6 Å². The van der Waals surface area contributed by atoms with Crippen molar-refractivity contribution in [3.63, 3.8) is 0 Å². The summed E-state index contributed by atoms with van der Waals surface area (Å²) >= 11 is -2.66. The van der Waals surface area contributed by atoms with E-state index in [9.17, 15) is 9.90 Å². The van der Waals surface area contributed by atoms with Crippen molar-refractivity contribution in [2.45, 2.75) is 105 Å². The fourth-order valence-electron chi connectivity index (χ4n) is 8.22. The second kappa shape index (κ2) is 11.9. The molecular formula is C36H47IO4. The maximum absolute atomic E-state index is 11.9. The summed E-state index contributed by atoms with van der Waals surface area (Å²) in [5, 5.41) is 11.5. The second-order valence-electron chi connectivity index (χ2n) is 13.2. The van der Waals surface area contributed by atoms with Gasteiger partial charge >= 0.3 is 224 Å². The van der Waals surface area contributed by atoms with Crippen molar-refractivity contribution < 1.29 is 16.0 Å². The van der Waals surface area contributed by atoms with E-state index >= 15 is 0 Å². The van der Waals surface area contributed by atoms with Gasteiger partial charge in [0.2, 0.25) is 0 Å². The molecule has 4 nitrogen and oxygen atoms in total. The molecule has 2 aromatic carbocycles. The molecule has 0 aliphatic heterocycles. The molecule has 2 aromatic rings. The van der Waals surface area contributed by atoms with Crippen molar-refractivity contribution in [3.8, 4) is 5.75 Å². The Hall–Kier alpha value is -2.12. The van der Waals surface area contributed by atoms with Gasteiger partial charge in [-0.05, 0) is 20.3 Å². The van der Waals surface area contributed by atoms with Crippen LogP contribution in [0.15, 0.2) is 65.3 Å². The molecule has 3 aliphatic carbocycles. The van der Waals surface area contributed by atoms with Crippen molar-refractivity contribution in [3.05, 3.63) is 85.5 Å². The second-order valence-corrected chi connectivity index (χ2v) is 16.6. The minimum absolute atomic E-state index is 0.0147. The van der Waals surface area contributed by atoms with Gasteiger partial charge < -0.3 is 0 Å². The molecule has 5 atom stereocenters. The van der Waals surface area contributed by atoms with Gasteiger partial charge in [-0.3, -0.25) is 0 Å². The van der Waals surface area contributed by atoms with Gasteiger partial charge in [-0.2, -0.15) is 0 Å². The van der Waals surface area contributed by atoms with Gasteiger partial charge in [-0.1, -0.05) is 11.6 Å². The first-order valence-corrected chi connectivity index (χ1v) is 18.1. The summed E-state index contributed by atoms with van der Waals surface area (Å²) in [4.78, 5) is 11.9. The fraction of sp³-hybridized carbons (Fsp3) is 0.528. The number of aliphatic hydroxyl groups is 1. The molecule has 5 heteroatoms. The van der Waals surface area contributed by atoms with E-state index in [2.05, 4.69) is 59.8 Å². The Labute approximate surface area is 255 Å². The standard InChI is InChI=1S/C36H47IO4/c1-23(2)12-11-13-24(3)34-32(39)22-31-30-17-16-28-25(4)33(19-18-29(28)35(30,6)20-21-36(31,34)7)41-37(40-26(5)38)27-14-9-8-10-15-27/h8-10,12,14-15,18-19,24,32,34,39H,11,13,16-17,20-22H2,1-7H3/t24-,32+,34-,35+,36-/m1/s1. The van der Waals surface area contributed by atoms with Gasteiger partial charge in [0, 0.05) is 0 Å². The van der Waals surface area contributed by atoms with E-state index in [1.54, 1.807) is 11.1 Å². The first-order valence-electron chi connectivity index (χ1n) is 15.3. The zero-order valence-corrected chi connectivity index (χ0v) is 28.0. The van der Waals surface area contributed by atoms with Crippen molar-refractivity contribution in [2.24, 2.45) is 17.3 Å². The molecule has 0 bridgehead atoms. The average molecular weight is 671 g/mol. The number of hydrogen-bond donors (Lipinski definition) is 1. The van der Waals surface area contributed by atoms with Gasteiger partial charge in [0.15, 0.2) is 0 Å². The number of carbonyl (C=O) groups excluding carboxylic acids is 1. The number of benzene rings is 2. The maximum atomic E-state index is 11.9. The molecule has 0 spiro atoms. The molecule has 1 N–H and O–H groups in total. The van der Waals surface area contributed by atoms with Crippen LogP contribution in [-0.2, 0) is 19.7 Å². The van der Waals surface area contributed by atoms with E-state index < -0.39 is 20.6 Å². The molecule has 0 aromatic heterocycles. The Morgan fingerprint density at radius 2 is 1.80 bits per heavy atom. The predicted molar refractivity (Wildman–Crippen MR) is 175 cm³/mol. The minimum atomic E-state index is -2.66. The van der Waals surface area contributed by atoms with Crippen molar-refractivity contribution in [2.75, 3.05) is 0 Å². The summed E-state index contributed by atoms with van der Waals surface area (Å²) in [5.74, 6) is 1.35. The quantitative estimate of drug-likeness (QED) is 0.225. The van der Waals surface area contributed by atoms with E-state index in [1.807, 2.05) is 30.3 Å². The molecular weight excluding hydrogens is 623 g/mol. The Bertz CT molecular complexity index is 1360. The number of rotatable bonds is 8. The van der Waals surface area contributed by atoms with Crippen LogP contribution in [0.25, 0.3) is 0 Å². The Morgan fingerprint density at radius 3 is 2.49 bits per heavy atom. The van der Waals surface area contributed by atoms with Crippen LogP contribution in [0, 0.1) is 27.7 Å². The number of hydrogen-bond acceptors (Lipinski definition) is 4. The number of fused-ring (bicyclic) bond motifs is 4. The zero-order valence-electron chi connectivity index (χ0n) is 25.9. The third kappa shape index (κ3) is 5.65. The summed E-state index contributed by atoms with van der Waals surface area (Å²) in [7, 11) is 0. The zero-order chi connectivity index (χ0) is 29.5. The number of allylic oxidation sites excluding steroid dienone is 3. The summed E-state index contributed by atoms with van der Waals surface area (Å²) in [6, 6.07) is 14.3. The Balaban J connectivity index is 1.45. The van der Waals surface area contributed by atoms with E-state index in [-0.39, 0.29) is 22.9 Å². The fourth-order valence-corrected chi connectivity index (χ4v) is 11.3. The third-order valence-corrected chi connectivity index (χ3v) is 13.9. The van der Waals surface area contributed by atoms with E-state index in [0.717, 1.165) is 54.3 Å². The third-order valence-electron chi connectivity index (χ3n) is 10.2. The molecule has 222 valence electrons. The average Bonchev–Trinajstić information content (AvgIpc) is 3.19. The van der Waals surface area contributed by atoms with Crippen LogP contribution >= 0.6 is 20.6 Å². The molecule has 1 saturated carbocycles. The molecule has 1 fully saturated rings. The van der Waals surface area contributed by atoms with E-state index in [4.69, 9.17) is 6.13 Å². The molecule has 0 heterocycles. The SMILES string of the molecule is CC(=O)OI(Oc1ccc2c(c1C)CCC1=C3C[C@H](O)[C@@H]([C@H](C)CCC=C(C)C)[C@]3(C)CC[C@]12C)c1ccccc1. The predicted octanol–water partition coefficient (Wildman–Crippen LogP) is 9.21. The molecule has 41 heavy (non-hydrogen) atoms. The van der Waals surface area contributed by atoms with Crippen LogP contribution in [-0.4, -0.2) is 17.2 Å². The van der Waals surface area contributed by atoms with Crippen molar-refractivity contribution in [1.82, 2.24) is 0 Å². The van der Waals surface area contributed by atoms with Crippen LogP contribution in [0.1, 0.15) is 96.8 Å². The summed E-state index contributed by atoms with van der Waals surface area (Å²) in [5.41, 5.74) is 8.54. The Morgan fingerprint density at radius 1 is 1.07 bits per heavy atom. The topological polar surface area (TPSA) is 55.8 Å². The number of halogens is 1. The van der Waals surface area contributed by atoms with Crippen LogP contribution in [0.4, 0.5) is 0 Å². The van der Waals surface area contributed by atoms with Crippen LogP contribution in [0.3, 0.4) is 0 Å². The molecule has 3 aliphatic rings. The molecule has 0 amide bonds. The van der Waals surface area contributed by atoms with E-state index in [0.29, 0.717) is 11.8 Å². The van der Waals surface area contributed by atoms with E-state index in [1.165, 1.54) is 29.2 Å². The summed E-state index contributed by atoms with van der Waals surface area (Å²) in [6.45, 7) is 15.2. The molecule has 0 saturated heterocycles. The molecule has 0 radical (unpaired) electrons. The Kier molecular flexibility index (Phi) is 8.78. The van der Waals surface area contributed by atoms with Gasteiger partial charge in [0.05, 0.1) is 0 Å². The first-order chi connectivity index (χ1) is 19.5. The number of aliphatic hydroxyl groups excluding tert-OH is 1. The van der Waals surface area contributed by atoms with Gasteiger partial charge in [0.25, 0.3) is 0 Å². The monoisotopic (exact) mass is 670 g/mol. The molecule has 0 unspecified atom stereocenters. The van der Waals surface area contributed by atoms with Crippen LogP contribution < -0.4 is 3.07 Å². The molecule has 5 rings (SSSR count). The van der Waals surface area contributed by atoms with Crippen LogP contribution in [0.5, 0.6) is 5.75 Å². The van der Waals surface area contributed by atoms with Gasteiger partial charge in [0.1, 0.15) is 0 Å². The summed E-state index contributed by atoms with van der Waals surface area (Å²) in [6.07, 6.45) is 9.37. The normalized spacial score (nSPS) is 27.8. The van der Waals surface area contributed by atoms with Gasteiger partial charge in [-0.15, -0.1) is 0 Å². The first kappa shape index (κ1) is 30.3. The number of carbonyl (C=O) groups is 1.